The van der Waals surface area contributed by atoms with E-state index in [1.807, 2.05) is 67.3 Å². The summed E-state index contributed by atoms with van der Waals surface area (Å²) in [5.41, 5.74) is 5.50. The number of hydrogen-bond donors (Lipinski definition) is 0. The van der Waals surface area contributed by atoms with Crippen molar-refractivity contribution in [3.63, 3.8) is 0 Å². The summed E-state index contributed by atoms with van der Waals surface area (Å²) >= 11 is 0. The largest absolute Gasteiger partial charge is 0.495 e. The number of carbonyl (C=O) groups excluding carboxylic acids is 1. The molecule has 4 aromatic rings. The minimum absolute atomic E-state index is 0.00908. The molecule has 32 heavy (non-hydrogen) atoms. The van der Waals surface area contributed by atoms with Gasteiger partial charge in [0.2, 0.25) is 0 Å². The Morgan fingerprint density at radius 1 is 1.09 bits per heavy atom. The van der Waals surface area contributed by atoms with E-state index in [4.69, 9.17) is 4.74 Å². The fraction of sp³-hybridized carbons (Fsp3) is 0.250. The third-order valence-electron chi connectivity index (χ3n) is 5.95. The first kappa shape index (κ1) is 20.0. The van der Waals surface area contributed by atoms with Crippen molar-refractivity contribution in [1.29, 1.82) is 0 Å². The molecular formula is C24H24N6O2. The van der Waals surface area contributed by atoms with Gasteiger partial charge in [-0.25, -0.2) is 9.67 Å². The normalized spacial score (nSPS) is 16.0. The van der Waals surface area contributed by atoms with Crippen LogP contribution in [0.1, 0.15) is 23.7 Å². The third kappa shape index (κ3) is 3.43. The first-order chi connectivity index (χ1) is 15.5. The molecule has 1 aliphatic rings. The van der Waals surface area contributed by atoms with Crippen molar-refractivity contribution in [3.05, 3.63) is 72.4 Å². The topological polar surface area (TPSA) is 78.1 Å². The van der Waals surface area contributed by atoms with E-state index in [-0.39, 0.29) is 5.91 Å². The fourth-order valence-corrected chi connectivity index (χ4v) is 4.22. The molecular weight excluding hydrogens is 404 g/mol. The van der Waals surface area contributed by atoms with Gasteiger partial charge in [-0.05, 0) is 43.5 Å². The zero-order chi connectivity index (χ0) is 22.2. The van der Waals surface area contributed by atoms with Gasteiger partial charge < -0.3 is 14.2 Å². The van der Waals surface area contributed by atoms with Gasteiger partial charge in [0, 0.05) is 24.5 Å². The van der Waals surface area contributed by atoms with Gasteiger partial charge >= 0.3 is 0 Å². The van der Waals surface area contributed by atoms with Gasteiger partial charge in [0.25, 0.3) is 5.91 Å². The van der Waals surface area contributed by atoms with E-state index in [9.17, 15) is 4.79 Å². The van der Waals surface area contributed by atoms with Crippen LogP contribution in [0.3, 0.4) is 0 Å². The summed E-state index contributed by atoms with van der Waals surface area (Å²) in [5, 5.41) is 8.66. The van der Waals surface area contributed by atoms with Crippen LogP contribution in [0.15, 0.2) is 61.2 Å². The molecule has 5 rings (SSSR count). The maximum absolute atomic E-state index is 13.2. The standard InChI is InChI=1S/C24H24N6O2/c1-16-13-29(15-25-16)21-10-9-18(12-23(21)32-3)19-14-30(27-26-19)22-11-8-17-6-4-5-7-20(17)28(2)24(22)31/h4-7,9-10,12-15,22H,8,11H2,1-3H3/t22-/m1/s1. The number of rotatable bonds is 4. The highest BCUT2D eigenvalue weighted by Crippen LogP contribution is 2.32. The Kier molecular flexibility index (Phi) is 4.97. The second kappa shape index (κ2) is 7.96. The van der Waals surface area contributed by atoms with Crippen LogP contribution in [-0.2, 0) is 11.2 Å². The molecule has 1 amide bonds. The van der Waals surface area contributed by atoms with Crippen LogP contribution in [-0.4, -0.2) is 44.6 Å². The molecule has 0 spiro atoms. The zero-order valence-electron chi connectivity index (χ0n) is 18.3. The lowest BCUT2D eigenvalue weighted by Crippen LogP contribution is -2.33. The summed E-state index contributed by atoms with van der Waals surface area (Å²) in [6, 6.07) is 13.5. The monoisotopic (exact) mass is 428 g/mol. The number of ether oxygens (including phenoxy) is 1. The quantitative estimate of drug-likeness (QED) is 0.496. The number of aromatic nitrogens is 5. The van der Waals surface area contributed by atoms with Crippen molar-refractivity contribution in [2.75, 3.05) is 19.1 Å². The summed E-state index contributed by atoms with van der Waals surface area (Å²) in [6.07, 6.45) is 7.02. The predicted octanol–water partition coefficient (Wildman–Crippen LogP) is 3.60. The number of amides is 1. The van der Waals surface area contributed by atoms with Gasteiger partial charge in [-0.2, -0.15) is 0 Å². The minimum atomic E-state index is -0.399. The van der Waals surface area contributed by atoms with Gasteiger partial charge in [-0.1, -0.05) is 29.5 Å². The van der Waals surface area contributed by atoms with Crippen molar-refractivity contribution in [1.82, 2.24) is 24.5 Å². The second-order valence-electron chi connectivity index (χ2n) is 7.97. The SMILES string of the molecule is COc1cc(-c2cn([C@@H]3CCc4ccccc4N(C)C3=O)nn2)ccc1-n1cnc(C)c1. The molecule has 0 saturated carbocycles. The highest BCUT2D eigenvalue weighted by molar-refractivity contribution is 5.97. The lowest BCUT2D eigenvalue weighted by atomic mass is 10.1. The number of hydrogen-bond acceptors (Lipinski definition) is 5. The van der Waals surface area contributed by atoms with E-state index >= 15 is 0 Å². The molecule has 0 bridgehead atoms. The van der Waals surface area contributed by atoms with E-state index in [2.05, 4.69) is 21.4 Å². The van der Waals surface area contributed by atoms with Gasteiger partial charge in [-0.15, -0.1) is 5.10 Å². The number of anilines is 1. The number of methoxy groups -OCH3 is 1. The van der Waals surface area contributed by atoms with Crippen LogP contribution in [0.2, 0.25) is 0 Å². The van der Waals surface area contributed by atoms with Crippen molar-refractivity contribution in [3.8, 4) is 22.7 Å². The molecule has 0 unspecified atom stereocenters. The number of imidazole rings is 1. The first-order valence-corrected chi connectivity index (χ1v) is 10.5. The molecule has 2 aromatic heterocycles. The maximum Gasteiger partial charge on any atom is 0.251 e. The van der Waals surface area contributed by atoms with Crippen molar-refractivity contribution in [2.45, 2.75) is 25.8 Å². The Labute approximate surface area is 186 Å². The Hall–Kier alpha value is -3.94. The van der Waals surface area contributed by atoms with E-state index in [0.29, 0.717) is 17.9 Å². The summed E-state index contributed by atoms with van der Waals surface area (Å²) in [5.74, 6) is 0.713. The van der Waals surface area contributed by atoms with Gasteiger partial charge in [-0.3, -0.25) is 4.79 Å². The zero-order valence-corrected chi connectivity index (χ0v) is 18.3. The Bertz CT molecular complexity index is 1290. The summed E-state index contributed by atoms with van der Waals surface area (Å²) in [7, 11) is 3.46. The number of fused-ring (bicyclic) bond motifs is 1. The molecule has 1 aliphatic heterocycles. The van der Waals surface area contributed by atoms with Gasteiger partial charge in [0.05, 0.1) is 31.0 Å². The predicted molar refractivity (Wildman–Crippen MR) is 121 cm³/mol. The summed E-state index contributed by atoms with van der Waals surface area (Å²) < 4.78 is 9.22. The lowest BCUT2D eigenvalue weighted by molar-refractivity contribution is -0.121. The van der Waals surface area contributed by atoms with E-state index in [1.54, 1.807) is 23.0 Å². The lowest BCUT2D eigenvalue weighted by Gasteiger charge is -2.21. The molecule has 8 heteroatoms. The Balaban J connectivity index is 1.44. The number of aryl methyl sites for hydroxylation is 2. The number of carbonyl (C=O) groups is 1. The van der Waals surface area contributed by atoms with Crippen molar-refractivity contribution >= 4 is 11.6 Å². The molecule has 162 valence electrons. The Morgan fingerprint density at radius 3 is 2.72 bits per heavy atom. The van der Waals surface area contributed by atoms with Crippen LogP contribution in [0.5, 0.6) is 5.75 Å². The molecule has 8 nitrogen and oxygen atoms in total. The van der Waals surface area contributed by atoms with E-state index in [1.165, 1.54) is 5.56 Å². The number of benzene rings is 2. The van der Waals surface area contributed by atoms with E-state index in [0.717, 1.165) is 29.1 Å². The maximum atomic E-state index is 13.2. The highest BCUT2D eigenvalue weighted by Gasteiger charge is 2.30. The van der Waals surface area contributed by atoms with Crippen LogP contribution in [0.25, 0.3) is 16.9 Å². The average molecular weight is 428 g/mol. The molecule has 0 N–H and O–H groups in total. The smallest absolute Gasteiger partial charge is 0.251 e. The molecule has 0 radical (unpaired) electrons. The number of likely N-dealkylation sites (N-methyl/N-ethyl adjacent to an activating group) is 1. The van der Waals surface area contributed by atoms with Gasteiger partial charge in [0.1, 0.15) is 17.5 Å². The van der Waals surface area contributed by atoms with Crippen LogP contribution >= 0.6 is 0 Å². The summed E-state index contributed by atoms with van der Waals surface area (Å²) in [6.45, 7) is 1.94. The van der Waals surface area contributed by atoms with Crippen molar-refractivity contribution < 1.29 is 9.53 Å². The molecule has 0 fully saturated rings. The van der Waals surface area contributed by atoms with Crippen LogP contribution in [0, 0.1) is 6.92 Å². The number of para-hydroxylation sites is 1. The number of nitrogens with zero attached hydrogens (tertiary/aromatic N) is 6. The molecule has 0 aliphatic carbocycles. The first-order valence-electron chi connectivity index (χ1n) is 10.5. The fourth-order valence-electron chi connectivity index (χ4n) is 4.22. The molecule has 1 atom stereocenters. The third-order valence-corrected chi connectivity index (χ3v) is 5.95. The van der Waals surface area contributed by atoms with Crippen LogP contribution in [0.4, 0.5) is 5.69 Å². The van der Waals surface area contributed by atoms with Crippen molar-refractivity contribution in [2.24, 2.45) is 0 Å². The molecule has 3 heterocycles. The molecule has 0 saturated heterocycles. The average Bonchev–Trinajstić information content (AvgIpc) is 3.45. The molecule has 2 aromatic carbocycles. The van der Waals surface area contributed by atoms with Crippen LogP contribution < -0.4 is 9.64 Å². The highest BCUT2D eigenvalue weighted by atomic mass is 16.5. The summed E-state index contributed by atoms with van der Waals surface area (Å²) in [4.78, 5) is 19.2. The second-order valence-corrected chi connectivity index (χ2v) is 7.97. The van der Waals surface area contributed by atoms with E-state index < -0.39 is 6.04 Å². The minimum Gasteiger partial charge on any atom is -0.495 e. The Morgan fingerprint density at radius 2 is 1.94 bits per heavy atom. The van der Waals surface area contributed by atoms with Gasteiger partial charge in [0.15, 0.2) is 0 Å².